The van der Waals surface area contributed by atoms with Gasteiger partial charge in [-0.05, 0) is 54.4 Å². The van der Waals surface area contributed by atoms with Crippen LogP contribution in [0.25, 0.3) is 0 Å². The van der Waals surface area contributed by atoms with Gasteiger partial charge in [0.2, 0.25) is 10.0 Å². The van der Waals surface area contributed by atoms with Crippen LogP contribution < -0.4 is 19.2 Å². The second-order valence-corrected chi connectivity index (χ2v) is 8.85. The summed E-state index contributed by atoms with van der Waals surface area (Å²) in [5.74, 6) is 0.443. The number of hydrazone groups is 1. The highest BCUT2D eigenvalue weighted by Crippen LogP contribution is 2.27. The number of amides is 1. The number of anilines is 1. The molecule has 1 N–H and O–H groups in total. The molecule has 2 aromatic carbocycles. The normalized spacial score (nSPS) is 11.2. The van der Waals surface area contributed by atoms with Crippen LogP contribution >= 0.6 is 11.6 Å². The molecule has 0 aromatic heterocycles. The molecule has 0 unspecified atom stereocenters. The lowest BCUT2D eigenvalue weighted by molar-refractivity contribution is -0.119. The second kappa shape index (κ2) is 10.8. The van der Waals surface area contributed by atoms with E-state index in [0.717, 1.165) is 10.6 Å². The minimum atomic E-state index is -3.71. The van der Waals surface area contributed by atoms with Gasteiger partial charge in [0.05, 0.1) is 25.3 Å². The van der Waals surface area contributed by atoms with Gasteiger partial charge < -0.3 is 9.47 Å². The average Bonchev–Trinajstić information content (AvgIpc) is 2.70. The maximum Gasteiger partial charge on any atom is 0.260 e. The smallest absolute Gasteiger partial charge is 0.260 e. The lowest BCUT2D eigenvalue weighted by Gasteiger charge is -2.23. The average molecular weight is 466 g/mol. The Bertz CT molecular complexity index is 1090. The molecule has 0 saturated carbocycles. The van der Waals surface area contributed by atoms with Crippen LogP contribution in [0.5, 0.6) is 11.5 Å². The predicted molar refractivity (Wildman–Crippen MR) is 123 cm³/mol. The third kappa shape index (κ3) is 7.01. The fourth-order valence-electron chi connectivity index (χ4n) is 2.66. The molecule has 0 atom stereocenters. The van der Waals surface area contributed by atoms with Gasteiger partial charge in [-0.3, -0.25) is 9.10 Å². The Kier molecular flexibility index (Phi) is 8.47. The van der Waals surface area contributed by atoms with Crippen molar-refractivity contribution < 1.29 is 22.7 Å². The Morgan fingerprint density at radius 1 is 1.26 bits per heavy atom. The third-order valence-corrected chi connectivity index (χ3v) is 5.42. The van der Waals surface area contributed by atoms with Gasteiger partial charge in [0.1, 0.15) is 13.2 Å². The summed E-state index contributed by atoms with van der Waals surface area (Å²) in [5, 5.41) is 4.37. The molecular formula is C21H24ClN3O5S. The molecular weight excluding hydrogens is 442 g/mol. The number of carbonyl (C=O) groups excluding carboxylic acids is 1. The quantitative estimate of drug-likeness (QED) is 0.330. The number of halogens is 1. The first-order valence-corrected chi connectivity index (χ1v) is 11.4. The molecule has 10 heteroatoms. The number of hydrogen-bond acceptors (Lipinski definition) is 6. The summed E-state index contributed by atoms with van der Waals surface area (Å²) in [6.45, 7) is 5.21. The number of sulfonamides is 1. The molecule has 1 amide bonds. The van der Waals surface area contributed by atoms with E-state index >= 15 is 0 Å². The molecule has 0 bridgehead atoms. The zero-order valence-corrected chi connectivity index (χ0v) is 19.0. The molecule has 8 nitrogen and oxygen atoms in total. The van der Waals surface area contributed by atoms with Gasteiger partial charge in [-0.1, -0.05) is 24.3 Å². The van der Waals surface area contributed by atoms with Crippen LogP contribution in [0, 0.1) is 6.92 Å². The van der Waals surface area contributed by atoms with E-state index in [9.17, 15) is 13.2 Å². The van der Waals surface area contributed by atoms with E-state index in [0.29, 0.717) is 39.9 Å². The van der Waals surface area contributed by atoms with Crippen molar-refractivity contribution in [3.05, 3.63) is 65.2 Å². The Hall–Kier alpha value is -3.04. The van der Waals surface area contributed by atoms with Crippen LogP contribution in [-0.2, 0) is 14.8 Å². The van der Waals surface area contributed by atoms with Crippen LogP contribution in [0.1, 0.15) is 11.1 Å². The van der Waals surface area contributed by atoms with Crippen LogP contribution in [0.15, 0.2) is 54.2 Å². The highest BCUT2D eigenvalue weighted by atomic mass is 35.5. The molecule has 0 radical (unpaired) electrons. The number of nitrogens with one attached hydrogen (secondary N) is 1. The van der Waals surface area contributed by atoms with Crippen LogP contribution in [0.3, 0.4) is 0 Å². The zero-order valence-electron chi connectivity index (χ0n) is 17.5. The Balaban J connectivity index is 2.10. The van der Waals surface area contributed by atoms with Crippen molar-refractivity contribution in [3.63, 3.8) is 0 Å². The molecule has 0 aliphatic carbocycles. The molecule has 2 aromatic rings. The Morgan fingerprint density at radius 2 is 2.00 bits per heavy atom. The van der Waals surface area contributed by atoms with Crippen molar-refractivity contribution in [1.29, 1.82) is 0 Å². The first-order chi connectivity index (χ1) is 14.7. The summed E-state index contributed by atoms with van der Waals surface area (Å²) in [7, 11) is -2.20. The van der Waals surface area contributed by atoms with Crippen molar-refractivity contribution in [1.82, 2.24) is 5.43 Å². The third-order valence-electron chi connectivity index (χ3n) is 4.06. The fourth-order valence-corrected chi connectivity index (χ4v) is 3.80. The Morgan fingerprint density at radius 3 is 2.61 bits per heavy atom. The number of aryl methyl sites for hydroxylation is 1. The van der Waals surface area contributed by atoms with Crippen molar-refractivity contribution >= 4 is 39.4 Å². The zero-order chi connectivity index (χ0) is 23.0. The number of methoxy groups -OCH3 is 1. The summed E-state index contributed by atoms with van der Waals surface area (Å²) in [6.07, 6.45) is 4.06. The highest BCUT2D eigenvalue weighted by molar-refractivity contribution is 7.92. The summed E-state index contributed by atoms with van der Waals surface area (Å²) in [5.41, 5.74) is 3.97. The SMILES string of the molecule is C=CCOc1ccc(/C=N\NC(=O)CN(c2ccc(Cl)cc2C)S(C)(=O)=O)cc1OC. The molecule has 0 saturated heterocycles. The van der Waals surface area contributed by atoms with Gasteiger partial charge in [-0.15, -0.1) is 0 Å². The highest BCUT2D eigenvalue weighted by Gasteiger charge is 2.22. The summed E-state index contributed by atoms with van der Waals surface area (Å²) in [4.78, 5) is 12.3. The molecule has 166 valence electrons. The first kappa shape index (κ1) is 24.2. The Labute approximate surface area is 187 Å². The van der Waals surface area contributed by atoms with Gasteiger partial charge in [-0.25, -0.2) is 13.8 Å². The lowest BCUT2D eigenvalue weighted by atomic mass is 10.2. The van der Waals surface area contributed by atoms with Crippen LogP contribution in [0.4, 0.5) is 5.69 Å². The summed E-state index contributed by atoms with van der Waals surface area (Å²) >= 11 is 5.94. The molecule has 0 fully saturated rings. The minimum absolute atomic E-state index is 0.337. The minimum Gasteiger partial charge on any atom is -0.493 e. The van der Waals surface area contributed by atoms with Crippen molar-refractivity contribution in [3.8, 4) is 11.5 Å². The van der Waals surface area contributed by atoms with Gasteiger partial charge >= 0.3 is 0 Å². The predicted octanol–water partition coefficient (Wildman–Crippen LogP) is 3.14. The number of nitrogens with zero attached hydrogens (tertiary/aromatic N) is 2. The van der Waals surface area contributed by atoms with Crippen LogP contribution in [-0.4, -0.2) is 47.1 Å². The van der Waals surface area contributed by atoms with E-state index in [1.807, 2.05) is 0 Å². The van der Waals surface area contributed by atoms with Gasteiger partial charge in [0.25, 0.3) is 5.91 Å². The number of rotatable bonds is 10. The van der Waals surface area contributed by atoms with E-state index in [1.54, 1.807) is 49.4 Å². The van der Waals surface area contributed by atoms with Gasteiger partial charge in [0.15, 0.2) is 11.5 Å². The fraction of sp³-hybridized carbons (Fsp3) is 0.238. The molecule has 0 aliphatic heterocycles. The van der Waals surface area contributed by atoms with Gasteiger partial charge in [-0.2, -0.15) is 5.10 Å². The molecule has 0 aliphatic rings. The summed E-state index contributed by atoms with van der Waals surface area (Å²) in [6, 6.07) is 9.87. The monoisotopic (exact) mass is 465 g/mol. The number of hydrogen-bond donors (Lipinski definition) is 1. The van der Waals surface area contributed by atoms with Crippen LogP contribution in [0.2, 0.25) is 5.02 Å². The maximum atomic E-state index is 12.3. The molecule has 31 heavy (non-hydrogen) atoms. The van der Waals surface area contributed by atoms with Crippen molar-refractivity contribution in [2.24, 2.45) is 5.10 Å². The lowest BCUT2D eigenvalue weighted by Crippen LogP contribution is -2.39. The number of ether oxygens (including phenoxy) is 2. The van der Waals surface area contributed by atoms with Gasteiger partial charge in [0, 0.05) is 5.02 Å². The first-order valence-electron chi connectivity index (χ1n) is 9.13. The summed E-state index contributed by atoms with van der Waals surface area (Å²) < 4.78 is 36.2. The van der Waals surface area contributed by atoms with E-state index < -0.39 is 22.5 Å². The molecule has 0 spiro atoms. The van der Waals surface area contributed by atoms with Crippen molar-refractivity contribution in [2.75, 3.05) is 30.8 Å². The molecule has 0 heterocycles. The second-order valence-electron chi connectivity index (χ2n) is 6.50. The molecule has 2 rings (SSSR count). The number of benzene rings is 2. The van der Waals surface area contributed by atoms with E-state index in [-0.39, 0.29) is 0 Å². The van der Waals surface area contributed by atoms with E-state index in [2.05, 4.69) is 17.1 Å². The topological polar surface area (TPSA) is 97.3 Å². The van der Waals surface area contributed by atoms with E-state index in [4.69, 9.17) is 21.1 Å². The number of carbonyl (C=O) groups is 1. The maximum absolute atomic E-state index is 12.3. The standard InChI is InChI=1S/C21H24ClN3O5S/c1-5-10-30-19-9-6-16(12-20(19)29-3)13-23-24-21(26)14-25(31(4,27)28)18-8-7-17(22)11-15(18)2/h5-9,11-13H,1,10,14H2,2-4H3,(H,24,26)/b23-13-. The largest absolute Gasteiger partial charge is 0.493 e. The van der Waals surface area contributed by atoms with Crippen molar-refractivity contribution in [2.45, 2.75) is 6.92 Å². The van der Waals surface area contributed by atoms with E-state index in [1.165, 1.54) is 13.3 Å².